The van der Waals surface area contributed by atoms with E-state index in [0.717, 1.165) is 16.9 Å². The lowest BCUT2D eigenvalue weighted by Gasteiger charge is -2.11. The molecule has 0 radical (unpaired) electrons. The number of carbonyl (C=O) groups is 1. The molecule has 0 bridgehead atoms. The van der Waals surface area contributed by atoms with Crippen LogP contribution in [0.3, 0.4) is 0 Å². The molecule has 0 spiro atoms. The number of carbonyl (C=O) groups excluding carboxylic acids is 1. The van der Waals surface area contributed by atoms with Crippen molar-refractivity contribution < 1.29 is 9.53 Å². The number of benzene rings is 2. The summed E-state index contributed by atoms with van der Waals surface area (Å²) >= 11 is 12.7. The van der Waals surface area contributed by atoms with Crippen molar-refractivity contribution in [1.82, 2.24) is 15.1 Å². The summed E-state index contributed by atoms with van der Waals surface area (Å²) in [5.74, 6) is 0.474. The molecule has 5 nitrogen and oxygen atoms in total. The van der Waals surface area contributed by atoms with Crippen molar-refractivity contribution in [2.75, 3.05) is 6.61 Å². The molecule has 0 saturated heterocycles. The van der Waals surface area contributed by atoms with Crippen LogP contribution in [-0.2, 0) is 13.1 Å². The Hall–Kier alpha value is -2.50. The SMILES string of the molecule is CCOc1ccccc1CNC(=O)c1c(C)nn(Cc2ccccc2Cl)c1Cl. The first-order chi connectivity index (χ1) is 13.5. The molecule has 7 heteroatoms. The maximum atomic E-state index is 12.7. The van der Waals surface area contributed by atoms with Gasteiger partial charge < -0.3 is 10.1 Å². The first-order valence-electron chi connectivity index (χ1n) is 8.96. The molecule has 0 fully saturated rings. The van der Waals surface area contributed by atoms with Crippen LogP contribution in [0.25, 0.3) is 0 Å². The van der Waals surface area contributed by atoms with Crippen LogP contribution in [0.15, 0.2) is 48.5 Å². The molecule has 1 amide bonds. The van der Waals surface area contributed by atoms with Gasteiger partial charge in [-0.1, -0.05) is 59.6 Å². The average Bonchev–Trinajstić information content (AvgIpc) is 2.96. The zero-order chi connectivity index (χ0) is 20.1. The normalized spacial score (nSPS) is 10.7. The molecule has 0 aliphatic rings. The maximum absolute atomic E-state index is 12.7. The summed E-state index contributed by atoms with van der Waals surface area (Å²) in [5.41, 5.74) is 2.70. The lowest BCUT2D eigenvalue weighted by atomic mass is 10.2. The van der Waals surface area contributed by atoms with Gasteiger partial charge in [-0.3, -0.25) is 4.79 Å². The number of halogens is 2. The van der Waals surface area contributed by atoms with E-state index < -0.39 is 0 Å². The first-order valence-corrected chi connectivity index (χ1v) is 9.72. The topological polar surface area (TPSA) is 56.1 Å². The summed E-state index contributed by atoms with van der Waals surface area (Å²) in [7, 11) is 0. The molecule has 1 aromatic heterocycles. The van der Waals surface area contributed by atoms with Gasteiger partial charge in [0.25, 0.3) is 5.91 Å². The molecular formula is C21H21Cl2N3O2. The molecule has 1 heterocycles. The Labute approximate surface area is 174 Å². The first kappa shape index (κ1) is 20.2. The Bertz CT molecular complexity index is 986. The van der Waals surface area contributed by atoms with Crippen LogP contribution in [0, 0.1) is 6.92 Å². The molecule has 0 aliphatic carbocycles. The van der Waals surface area contributed by atoms with E-state index in [4.69, 9.17) is 27.9 Å². The Balaban J connectivity index is 1.76. The van der Waals surface area contributed by atoms with E-state index in [0.29, 0.717) is 36.0 Å². The highest BCUT2D eigenvalue weighted by Crippen LogP contribution is 2.24. The van der Waals surface area contributed by atoms with Crippen LogP contribution >= 0.6 is 23.2 Å². The van der Waals surface area contributed by atoms with E-state index >= 15 is 0 Å². The average molecular weight is 418 g/mol. The van der Waals surface area contributed by atoms with Gasteiger partial charge in [-0.2, -0.15) is 5.10 Å². The maximum Gasteiger partial charge on any atom is 0.256 e. The largest absolute Gasteiger partial charge is 0.494 e. The molecule has 0 unspecified atom stereocenters. The van der Waals surface area contributed by atoms with Crippen molar-refractivity contribution in [1.29, 1.82) is 0 Å². The van der Waals surface area contributed by atoms with Gasteiger partial charge in [0.15, 0.2) is 0 Å². The van der Waals surface area contributed by atoms with Gasteiger partial charge in [0, 0.05) is 17.1 Å². The molecule has 0 saturated carbocycles. The van der Waals surface area contributed by atoms with Gasteiger partial charge in [-0.25, -0.2) is 4.68 Å². The third-order valence-corrected chi connectivity index (χ3v) is 5.04. The number of nitrogens with one attached hydrogen (secondary N) is 1. The molecule has 2 aromatic carbocycles. The van der Waals surface area contributed by atoms with E-state index in [1.807, 2.05) is 55.5 Å². The predicted octanol–water partition coefficient (Wildman–Crippen LogP) is 4.88. The summed E-state index contributed by atoms with van der Waals surface area (Å²) in [6.45, 7) is 4.97. The number of aryl methyl sites for hydroxylation is 1. The number of hydrogen-bond acceptors (Lipinski definition) is 3. The Morgan fingerprint density at radius 3 is 2.50 bits per heavy atom. The minimum absolute atomic E-state index is 0.279. The van der Waals surface area contributed by atoms with Crippen LogP contribution in [0.1, 0.15) is 34.1 Å². The van der Waals surface area contributed by atoms with Crippen molar-refractivity contribution >= 4 is 29.1 Å². The van der Waals surface area contributed by atoms with E-state index in [1.165, 1.54) is 0 Å². The van der Waals surface area contributed by atoms with Gasteiger partial charge in [0.1, 0.15) is 10.9 Å². The monoisotopic (exact) mass is 417 g/mol. The van der Waals surface area contributed by atoms with E-state index in [-0.39, 0.29) is 11.1 Å². The van der Waals surface area contributed by atoms with Crippen molar-refractivity contribution in [2.24, 2.45) is 0 Å². The van der Waals surface area contributed by atoms with Crippen molar-refractivity contribution in [3.05, 3.63) is 81.1 Å². The van der Waals surface area contributed by atoms with Gasteiger partial charge in [0.2, 0.25) is 0 Å². The predicted molar refractivity (Wildman–Crippen MR) is 111 cm³/mol. The highest BCUT2D eigenvalue weighted by molar-refractivity contribution is 6.33. The summed E-state index contributed by atoms with van der Waals surface area (Å²) in [6, 6.07) is 15.1. The molecule has 28 heavy (non-hydrogen) atoms. The van der Waals surface area contributed by atoms with Crippen molar-refractivity contribution in [3.8, 4) is 5.75 Å². The Kier molecular flexibility index (Phi) is 6.60. The summed E-state index contributed by atoms with van der Waals surface area (Å²) in [6.07, 6.45) is 0. The smallest absolute Gasteiger partial charge is 0.256 e. The quantitative estimate of drug-likeness (QED) is 0.595. The fourth-order valence-electron chi connectivity index (χ4n) is 2.91. The Morgan fingerprint density at radius 2 is 1.79 bits per heavy atom. The third-order valence-electron chi connectivity index (χ3n) is 4.28. The lowest BCUT2D eigenvalue weighted by molar-refractivity contribution is 0.0950. The van der Waals surface area contributed by atoms with Gasteiger partial charge >= 0.3 is 0 Å². The van der Waals surface area contributed by atoms with Crippen LogP contribution in [0.2, 0.25) is 10.2 Å². The number of rotatable bonds is 7. The van der Waals surface area contributed by atoms with Crippen LogP contribution in [-0.4, -0.2) is 22.3 Å². The summed E-state index contributed by atoms with van der Waals surface area (Å²) in [4.78, 5) is 12.7. The number of ether oxygens (including phenoxy) is 1. The number of nitrogens with zero attached hydrogens (tertiary/aromatic N) is 2. The molecule has 0 aliphatic heterocycles. The number of aromatic nitrogens is 2. The van der Waals surface area contributed by atoms with E-state index in [2.05, 4.69) is 10.4 Å². The van der Waals surface area contributed by atoms with Gasteiger partial charge in [-0.05, 0) is 31.5 Å². The second-order valence-corrected chi connectivity index (χ2v) is 6.99. The van der Waals surface area contributed by atoms with Crippen molar-refractivity contribution in [3.63, 3.8) is 0 Å². The number of amides is 1. The highest BCUT2D eigenvalue weighted by Gasteiger charge is 2.21. The van der Waals surface area contributed by atoms with Crippen LogP contribution < -0.4 is 10.1 Å². The van der Waals surface area contributed by atoms with Gasteiger partial charge in [-0.15, -0.1) is 0 Å². The fourth-order valence-corrected chi connectivity index (χ4v) is 3.43. The lowest BCUT2D eigenvalue weighted by Crippen LogP contribution is -2.24. The second-order valence-electron chi connectivity index (χ2n) is 6.22. The minimum Gasteiger partial charge on any atom is -0.494 e. The molecule has 1 N–H and O–H groups in total. The standard InChI is InChI=1S/C21H21Cl2N3O2/c1-3-28-18-11-7-5-8-15(18)12-24-21(27)19-14(2)25-26(20(19)23)13-16-9-4-6-10-17(16)22/h4-11H,3,12-13H2,1-2H3,(H,24,27). The van der Waals surface area contributed by atoms with E-state index in [1.54, 1.807) is 11.6 Å². The minimum atomic E-state index is -0.279. The van der Waals surface area contributed by atoms with Crippen LogP contribution in [0.5, 0.6) is 5.75 Å². The molecule has 3 aromatic rings. The molecular weight excluding hydrogens is 397 g/mol. The second kappa shape index (κ2) is 9.13. The van der Waals surface area contributed by atoms with Crippen LogP contribution in [0.4, 0.5) is 0 Å². The molecule has 0 atom stereocenters. The summed E-state index contributed by atoms with van der Waals surface area (Å²) in [5, 5.41) is 8.23. The molecule has 3 rings (SSSR count). The number of para-hydroxylation sites is 1. The highest BCUT2D eigenvalue weighted by atomic mass is 35.5. The van der Waals surface area contributed by atoms with Crippen molar-refractivity contribution in [2.45, 2.75) is 26.9 Å². The van der Waals surface area contributed by atoms with Gasteiger partial charge in [0.05, 0.1) is 24.4 Å². The third kappa shape index (κ3) is 4.49. The fraction of sp³-hybridized carbons (Fsp3) is 0.238. The Morgan fingerprint density at radius 1 is 1.11 bits per heavy atom. The van der Waals surface area contributed by atoms with E-state index in [9.17, 15) is 4.79 Å². The zero-order valence-electron chi connectivity index (χ0n) is 15.7. The zero-order valence-corrected chi connectivity index (χ0v) is 17.2. The molecule has 146 valence electrons. The number of hydrogen-bond donors (Lipinski definition) is 1. The summed E-state index contributed by atoms with van der Waals surface area (Å²) < 4.78 is 7.18.